The first kappa shape index (κ1) is 12.6. The van der Waals surface area contributed by atoms with Crippen LogP contribution in [0.1, 0.15) is 20.8 Å². The average molecular weight is 206 g/mol. The van der Waals surface area contributed by atoms with Crippen molar-refractivity contribution in [2.45, 2.75) is 31.6 Å². The van der Waals surface area contributed by atoms with Crippen LogP contribution in [0.5, 0.6) is 0 Å². The summed E-state index contributed by atoms with van der Waals surface area (Å²) in [5.74, 6) is 0.129. The molecule has 13 heavy (non-hydrogen) atoms. The van der Waals surface area contributed by atoms with E-state index in [1.807, 2.05) is 0 Å². The van der Waals surface area contributed by atoms with E-state index in [0.717, 1.165) is 0 Å². The minimum absolute atomic E-state index is 0.206. The van der Waals surface area contributed by atoms with Crippen molar-refractivity contribution >= 4 is 16.7 Å². The normalized spacial score (nSPS) is 16.4. The van der Waals surface area contributed by atoms with E-state index in [0.29, 0.717) is 5.75 Å². The number of carbonyl (C=O) groups excluding carboxylic acids is 1. The number of nitrogens with two attached hydrogens (primary N) is 1. The molecule has 0 aliphatic rings. The average Bonchev–Trinajstić information content (AvgIpc) is 1.98. The molecule has 4 nitrogen and oxygen atoms in total. The van der Waals surface area contributed by atoms with Crippen LogP contribution in [0, 0.1) is 0 Å². The molecule has 0 aliphatic heterocycles. The maximum absolute atomic E-state index is 11.5. The van der Waals surface area contributed by atoms with E-state index in [1.54, 1.807) is 20.8 Å². The molecular formula is C8H18N2O2S. The molecule has 0 rings (SSSR count). The van der Waals surface area contributed by atoms with Crippen molar-refractivity contribution in [2.24, 2.45) is 5.73 Å². The lowest BCUT2D eigenvalue weighted by molar-refractivity contribution is -0.119. The number of rotatable bonds is 4. The summed E-state index contributed by atoms with van der Waals surface area (Å²) in [6, 6.07) is 0. The molecule has 0 heterocycles. The van der Waals surface area contributed by atoms with Crippen molar-refractivity contribution in [3.8, 4) is 0 Å². The van der Waals surface area contributed by atoms with Gasteiger partial charge in [-0.05, 0) is 20.8 Å². The van der Waals surface area contributed by atoms with Gasteiger partial charge in [0.1, 0.15) is 5.25 Å². The smallest absolute Gasteiger partial charge is 0.235 e. The van der Waals surface area contributed by atoms with Crippen LogP contribution in [-0.2, 0) is 15.6 Å². The quantitative estimate of drug-likeness (QED) is 0.658. The van der Waals surface area contributed by atoms with E-state index in [-0.39, 0.29) is 5.91 Å². The minimum Gasteiger partial charge on any atom is -0.358 e. The highest BCUT2D eigenvalue weighted by atomic mass is 32.2. The van der Waals surface area contributed by atoms with Gasteiger partial charge in [-0.25, -0.2) is 0 Å². The predicted octanol–water partition coefficient (Wildman–Crippen LogP) is -0.393. The molecule has 0 aromatic heterocycles. The van der Waals surface area contributed by atoms with Gasteiger partial charge >= 0.3 is 0 Å². The number of hydrogen-bond donors (Lipinski definition) is 2. The Morgan fingerprint density at radius 1 is 1.62 bits per heavy atom. The summed E-state index contributed by atoms with van der Waals surface area (Å²) in [5, 5.41) is 1.97. The van der Waals surface area contributed by atoms with E-state index in [9.17, 15) is 9.00 Å². The van der Waals surface area contributed by atoms with Crippen LogP contribution < -0.4 is 11.1 Å². The lowest BCUT2D eigenvalue weighted by atomic mass is 10.1. The van der Waals surface area contributed by atoms with E-state index in [1.165, 1.54) is 7.05 Å². The molecule has 0 aromatic rings. The van der Waals surface area contributed by atoms with Crippen molar-refractivity contribution in [3.63, 3.8) is 0 Å². The molecule has 0 spiro atoms. The van der Waals surface area contributed by atoms with Crippen LogP contribution in [0.15, 0.2) is 0 Å². The fourth-order valence-electron chi connectivity index (χ4n) is 0.814. The third kappa shape index (κ3) is 5.00. The molecule has 5 heteroatoms. The van der Waals surface area contributed by atoms with Gasteiger partial charge in [-0.2, -0.15) is 0 Å². The van der Waals surface area contributed by atoms with Crippen molar-refractivity contribution in [3.05, 3.63) is 0 Å². The second-order valence-corrected chi connectivity index (χ2v) is 5.53. The number of carbonyl (C=O) groups is 1. The monoisotopic (exact) mass is 206 g/mol. The summed E-state index contributed by atoms with van der Waals surface area (Å²) in [4.78, 5) is 11.1. The molecule has 3 N–H and O–H groups in total. The van der Waals surface area contributed by atoms with Gasteiger partial charge in [-0.1, -0.05) is 0 Å². The van der Waals surface area contributed by atoms with Crippen LogP contribution in [0.4, 0.5) is 0 Å². The SMILES string of the molecule is CNC(=O)C(C)S(=O)CC(C)(C)N. The molecule has 0 saturated heterocycles. The molecule has 1 amide bonds. The Balaban J connectivity index is 4.20. The molecular weight excluding hydrogens is 188 g/mol. The maximum Gasteiger partial charge on any atom is 0.235 e. The Bertz CT molecular complexity index is 211. The number of hydrogen-bond acceptors (Lipinski definition) is 3. The zero-order valence-corrected chi connectivity index (χ0v) is 9.40. The van der Waals surface area contributed by atoms with Gasteiger partial charge in [0.05, 0.1) is 0 Å². The molecule has 2 atom stereocenters. The number of amides is 1. The third-order valence-corrected chi connectivity index (χ3v) is 3.56. The van der Waals surface area contributed by atoms with Gasteiger partial charge in [-0.3, -0.25) is 9.00 Å². The second kappa shape index (κ2) is 4.72. The molecule has 0 aliphatic carbocycles. The Hall–Kier alpha value is -0.420. The summed E-state index contributed by atoms with van der Waals surface area (Å²) >= 11 is 0. The summed E-state index contributed by atoms with van der Waals surface area (Å²) in [7, 11) is 0.330. The van der Waals surface area contributed by atoms with Crippen molar-refractivity contribution in [1.29, 1.82) is 0 Å². The zero-order chi connectivity index (χ0) is 10.6. The summed E-state index contributed by atoms with van der Waals surface area (Å²) in [6.07, 6.45) is 0. The Morgan fingerprint density at radius 3 is 2.38 bits per heavy atom. The van der Waals surface area contributed by atoms with Crippen LogP contribution in [0.3, 0.4) is 0 Å². The van der Waals surface area contributed by atoms with E-state index in [4.69, 9.17) is 5.73 Å². The first-order valence-corrected chi connectivity index (χ1v) is 5.54. The van der Waals surface area contributed by atoms with Crippen LogP contribution in [0.2, 0.25) is 0 Å². The Morgan fingerprint density at radius 2 is 2.08 bits per heavy atom. The third-order valence-electron chi connectivity index (χ3n) is 1.52. The maximum atomic E-state index is 11.5. The van der Waals surface area contributed by atoms with E-state index >= 15 is 0 Å². The second-order valence-electron chi connectivity index (χ2n) is 3.77. The number of nitrogens with one attached hydrogen (secondary N) is 1. The van der Waals surface area contributed by atoms with Gasteiger partial charge in [-0.15, -0.1) is 0 Å². The van der Waals surface area contributed by atoms with E-state index < -0.39 is 21.6 Å². The van der Waals surface area contributed by atoms with Crippen molar-refractivity contribution in [1.82, 2.24) is 5.32 Å². The molecule has 2 unspecified atom stereocenters. The highest BCUT2D eigenvalue weighted by Gasteiger charge is 2.23. The van der Waals surface area contributed by atoms with E-state index in [2.05, 4.69) is 5.32 Å². The van der Waals surface area contributed by atoms with Crippen LogP contribution in [0.25, 0.3) is 0 Å². The van der Waals surface area contributed by atoms with Gasteiger partial charge in [0.15, 0.2) is 0 Å². The molecule has 0 radical (unpaired) electrons. The lowest BCUT2D eigenvalue weighted by Gasteiger charge is -2.19. The topological polar surface area (TPSA) is 72.2 Å². The van der Waals surface area contributed by atoms with Crippen LogP contribution >= 0.6 is 0 Å². The Labute approximate surface area is 81.7 Å². The van der Waals surface area contributed by atoms with Crippen molar-refractivity contribution < 1.29 is 9.00 Å². The Kier molecular flexibility index (Phi) is 4.56. The largest absolute Gasteiger partial charge is 0.358 e. The first-order chi connectivity index (χ1) is 5.78. The zero-order valence-electron chi connectivity index (χ0n) is 8.59. The summed E-state index contributed by atoms with van der Waals surface area (Å²) in [6.45, 7) is 5.23. The first-order valence-electron chi connectivity index (χ1n) is 4.15. The fraction of sp³-hybridized carbons (Fsp3) is 0.875. The summed E-state index contributed by atoms with van der Waals surface area (Å²) < 4.78 is 11.5. The molecule has 0 bridgehead atoms. The minimum atomic E-state index is -1.20. The standard InChI is InChI=1S/C8H18N2O2S/c1-6(7(11)10-4)13(12)5-8(2,3)9/h6H,5,9H2,1-4H3,(H,10,11). The van der Waals surface area contributed by atoms with Crippen LogP contribution in [-0.4, -0.2) is 33.7 Å². The molecule has 78 valence electrons. The van der Waals surface area contributed by atoms with Gasteiger partial charge < -0.3 is 11.1 Å². The highest BCUT2D eigenvalue weighted by Crippen LogP contribution is 2.04. The van der Waals surface area contributed by atoms with Gasteiger partial charge in [0, 0.05) is 29.1 Å². The van der Waals surface area contributed by atoms with Gasteiger partial charge in [0.25, 0.3) is 0 Å². The molecule has 0 aromatic carbocycles. The lowest BCUT2D eigenvalue weighted by Crippen LogP contribution is -2.43. The van der Waals surface area contributed by atoms with Crippen molar-refractivity contribution in [2.75, 3.05) is 12.8 Å². The molecule has 0 saturated carbocycles. The predicted molar refractivity (Wildman–Crippen MR) is 54.8 cm³/mol. The fourth-order valence-corrected chi connectivity index (χ4v) is 2.15. The molecule has 0 fully saturated rings. The van der Waals surface area contributed by atoms with Gasteiger partial charge in [0.2, 0.25) is 5.91 Å². The summed E-state index contributed by atoms with van der Waals surface area (Å²) in [5.41, 5.74) is 5.20. The highest BCUT2D eigenvalue weighted by molar-refractivity contribution is 7.86.